The molecule has 4 unspecified atom stereocenters. The molecule has 0 spiro atoms. The second-order valence-electron chi connectivity index (χ2n) is 9.13. The SMILES string of the molecule is Cc1ccc(C(=O)Nc2cc3c4c(c2)C2C=CCC2CN4CC2CC=CC32)cc1. The number of benzene rings is 2. The van der Waals surface area contributed by atoms with Crippen molar-refractivity contribution in [1.82, 2.24) is 0 Å². The second kappa shape index (κ2) is 6.35. The third-order valence-electron chi connectivity index (χ3n) is 7.26. The van der Waals surface area contributed by atoms with E-state index >= 15 is 0 Å². The number of nitrogens with one attached hydrogen (secondary N) is 1. The molecule has 2 aliphatic carbocycles. The van der Waals surface area contributed by atoms with Crippen molar-refractivity contribution in [3.05, 3.63) is 83.0 Å². The van der Waals surface area contributed by atoms with Crippen molar-refractivity contribution in [3.8, 4) is 0 Å². The summed E-state index contributed by atoms with van der Waals surface area (Å²) >= 11 is 0. The first-order valence-corrected chi connectivity index (χ1v) is 10.8. The molecule has 2 aromatic rings. The zero-order valence-electron chi connectivity index (χ0n) is 16.8. The summed E-state index contributed by atoms with van der Waals surface area (Å²) in [7, 11) is 0. The molecule has 6 rings (SSSR count). The number of fused-ring (bicyclic) bond motifs is 4. The van der Waals surface area contributed by atoms with Gasteiger partial charge < -0.3 is 10.2 Å². The minimum Gasteiger partial charge on any atom is -0.370 e. The molecule has 1 N–H and O–H groups in total. The van der Waals surface area contributed by atoms with Crippen molar-refractivity contribution in [2.75, 3.05) is 23.3 Å². The molecule has 0 radical (unpaired) electrons. The molecule has 0 fully saturated rings. The summed E-state index contributed by atoms with van der Waals surface area (Å²) < 4.78 is 0. The highest BCUT2D eigenvalue weighted by Crippen LogP contribution is 2.53. The van der Waals surface area contributed by atoms with Gasteiger partial charge in [-0.2, -0.15) is 0 Å². The molecule has 146 valence electrons. The number of carbonyl (C=O) groups is 1. The van der Waals surface area contributed by atoms with Gasteiger partial charge in [-0.15, -0.1) is 0 Å². The van der Waals surface area contributed by atoms with Crippen LogP contribution in [-0.4, -0.2) is 19.0 Å². The Kier molecular flexibility index (Phi) is 3.74. The molecule has 0 aromatic heterocycles. The molecule has 4 atom stereocenters. The highest BCUT2D eigenvalue weighted by atomic mass is 16.1. The Hall–Kier alpha value is -2.81. The fourth-order valence-electron chi connectivity index (χ4n) is 5.86. The molecule has 0 saturated heterocycles. The average molecular weight is 383 g/mol. The molecular formula is C26H26N2O. The number of nitrogens with zero attached hydrogens (tertiary/aromatic N) is 1. The monoisotopic (exact) mass is 382 g/mol. The van der Waals surface area contributed by atoms with Crippen LogP contribution in [0.15, 0.2) is 60.7 Å². The predicted molar refractivity (Wildman–Crippen MR) is 118 cm³/mol. The molecule has 2 aromatic carbocycles. The van der Waals surface area contributed by atoms with Gasteiger partial charge >= 0.3 is 0 Å². The standard InChI is InChI=1S/C26H26N2O/c1-16-8-10-17(11-9-16)26(29)27-20-12-23-21-6-2-4-18(21)14-28-15-19-5-3-7-22(19)24(13-20)25(23)28/h2-3,6-13,18-19,21-22H,4-5,14-15H2,1H3,(H,27,29). The number of anilines is 2. The van der Waals surface area contributed by atoms with Gasteiger partial charge in [0.25, 0.3) is 5.91 Å². The molecule has 2 heterocycles. The number of allylic oxidation sites excluding steroid dienone is 4. The third kappa shape index (κ3) is 2.67. The summed E-state index contributed by atoms with van der Waals surface area (Å²) in [6.07, 6.45) is 11.8. The van der Waals surface area contributed by atoms with E-state index in [4.69, 9.17) is 0 Å². The van der Waals surface area contributed by atoms with Gasteiger partial charge in [0.1, 0.15) is 0 Å². The number of aryl methyl sites for hydroxylation is 1. The smallest absolute Gasteiger partial charge is 0.255 e. The lowest BCUT2D eigenvalue weighted by atomic mass is 9.75. The van der Waals surface area contributed by atoms with Crippen LogP contribution in [0.5, 0.6) is 0 Å². The van der Waals surface area contributed by atoms with Crippen molar-refractivity contribution < 1.29 is 4.79 Å². The summed E-state index contributed by atoms with van der Waals surface area (Å²) in [6, 6.07) is 12.3. The Morgan fingerprint density at radius 2 is 1.52 bits per heavy atom. The summed E-state index contributed by atoms with van der Waals surface area (Å²) in [4.78, 5) is 15.5. The van der Waals surface area contributed by atoms with Crippen LogP contribution in [0.2, 0.25) is 0 Å². The molecule has 0 saturated carbocycles. The van der Waals surface area contributed by atoms with Crippen molar-refractivity contribution in [2.45, 2.75) is 31.6 Å². The Labute approximate surface area is 172 Å². The van der Waals surface area contributed by atoms with E-state index in [1.165, 1.54) is 29.7 Å². The molecule has 0 bridgehead atoms. The highest BCUT2D eigenvalue weighted by Gasteiger charge is 2.42. The van der Waals surface area contributed by atoms with Gasteiger partial charge in [-0.25, -0.2) is 0 Å². The normalized spacial score (nSPS) is 28.1. The summed E-state index contributed by atoms with van der Waals surface area (Å²) in [5, 5.41) is 3.20. The van der Waals surface area contributed by atoms with Gasteiger partial charge in [0, 0.05) is 41.9 Å². The lowest BCUT2D eigenvalue weighted by molar-refractivity contribution is 0.102. The Balaban J connectivity index is 1.43. The number of hydrogen-bond donors (Lipinski definition) is 1. The van der Waals surface area contributed by atoms with Gasteiger partial charge in [-0.05, 0) is 67.0 Å². The zero-order valence-corrected chi connectivity index (χ0v) is 16.8. The van der Waals surface area contributed by atoms with E-state index in [0.29, 0.717) is 29.2 Å². The predicted octanol–water partition coefficient (Wildman–Crippen LogP) is 5.40. The quantitative estimate of drug-likeness (QED) is 0.705. The zero-order chi connectivity index (χ0) is 19.5. The van der Waals surface area contributed by atoms with E-state index in [1.807, 2.05) is 31.2 Å². The lowest BCUT2D eigenvalue weighted by Crippen LogP contribution is -2.43. The minimum absolute atomic E-state index is 0.0300. The molecule has 2 aliphatic heterocycles. The first-order chi connectivity index (χ1) is 14.2. The highest BCUT2D eigenvalue weighted by molar-refractivity contribution is 6.04. The maximum absolute atomic E-state index is 12.9. The second-order valence-corrected chi connectivity index (χ2v) is 9.13. The summed E-state index contributed by atoms with van der Waals surface area (Å²) in [6.45, 7) is 4.37. The average Bonchev–Trinajstić information content (AvgIpc) is 3.38. The fourth-order valence-corrected chi connectivity index (χ4v) is 5.86. The topological polar surface area (TPSA) is 32.3 Å². The fraction of sp³-hybridized carbons (Fsp3) is 0.346. The number of carbonyl (C=O) groups excluding carboxylic acids is 1. The van der Waals surface area contributed by atoms with Gasteiger partial charge in [0.15, 0.2) is 0 Å². The molecule has 1 amide bonds. The lowest BCUT2D eigenvalue weighted by Gasteiger charge is -2.46. The van der Waals surface area contributed by atoms with Crippen LogP contribution in [0.3, 0.4) is 0 Å². The summed E-state index contributed by atoms with van der Waals surface area (Å²) in [5.41, 5.74) is 7.07. The van der Waals surface area contributed by atoms with Gasteiger partial charge in [-0.3, -0.25) is 4.79 Å². The van der Waals surface area contributed by atoms with Crippen molar-refractivity contribution >= 4 is 17.3 Å². The van der Waals surface area contributed by atoms with Crippen LogP contribution in [0.4, 0.5) is 11.4 Å². The number of hydrogen-bond acceptors (Lipinski definition) is 2. The van der Waals surface area contributed by atoms with Crippen molar-refractivity contribution in [1.29, 1.82) is 0 Å². The Morgan fingerprint density at radius 3 is 2.10 bits per heavy atom. The van der Waals surface area contributed by atoms with Crippen LogP contribution in [-0.2, 0) is 0 Å². The van der Waals surface area contributed by atoms with Crippen molar-refractivity contribution in [3.63, 3.8) is 0 Å². The largest absolute Gasteiger partial charge is 0.370 e. The Bertz CT molecular complexity index is 998. The Morgan fingerprint density at radius 1 is 0.931 bits per heavy atom. The van der Waals surface area contributed by atoms with E-state index in [0.717, 1.165) is 24.3 Å². The van der Waals surface area contributed by atoms with E-state index in [-0.39, 0.29) is 5.91 Å². The van der Waals surface area contributed by atoms with Gasteiger partial charge in [0.05, 0.1) is 0 Å². The van der Waals surface area contributed by atoms with E-state index in [2.05, 4.69) is 46.7 Å². The van der Waals surface area contributed by atoms with E-state index in [9.17, 15) is 4.79 Å². The maximum Gasteiger partial charge on any atom is 0.255 e. The van der Waals surface area contributed by atoms with Crippen LogP contribution in [0.1, 0.15) is 51.7 Å². The van der Waals surface area contributed by atoms with E-state index < -0.39 is 0 Å². The first kappa shape index (κ1) is 17.1. The summed E-state index contributed by atoms with van der Waals surface area (Å²) in [5.74, 6) is 2.28. The van der Waals surface area contributed by atoms with Gasteiger partial charge in [-0.1, -0.05) is 42.0 Å². The first-order valence-electron chi connectivity index (χ1n) is 10.8. The van der Waals surface area contributed by atoms with Gasteiger partial charge in [0.2, 0.25) is 0 Å². The molecular weight excluding hydrogens is 356 g/mol. The van der Waals surface area contributed by atoms with Crippen LogP contribution in [0, 0.1) is 18.8 Å². The maximum atomic E-state index is 12.9. The molecule has 29 heavy (non-hydrogen) atoms. The van der Waals surface area contributed by atoms with Crippen LogP contribution >= 0.6 is 0 Å². The minimum atomic E-state index is -0.0300. The van der Waals surface area contributed by atoms with Crippen molar-refractivity contribution in [2.24, 2.45) is 11.8 Å². The third-order valence-corrected chi connectivity index (χ3v) is 7.26. The van der Waals surface area contributed by atoms with E-state index in [1.54, 1.807) is 0 Å². The molecule has 3 heteroatoms. The molecule has 4 aliphatic rings. The molecule has 3 nitrogen and oxygen atoms in total. The number of rotatable bonds is 2. The van der Waals surface area contributed by atoms with Crippen LogP contribution < -0.4 is 10.2 Å². The van der Waals surface area contributed by atoms with Crippen LogP contribution in [0.25, 0.3) is 0 Å². The number of amides is 1.